The Balaban J connectivity index is 0.000000141. The average molecular weight is 958 g/mol. The van der Waals surface area contributed by atoms with Gasteiger partial charge in [-0.1, -0.05) is 92.5 Å². The summed E-state index contributed by atoms with van der Waals surface area (Å²) in [5.41, 5.74) is 7.94. The van der Waals surface area contributed by atoms with Crippen LogP contribution in [0, 0.1) is 4.91 Å². The number of benzene rings is 4. The molecule has 0 saturated carbocycles. The third-order valence-electron chi connectivity index (χ3n) is 12.5. The summed E-state index contributed by atoms with van der Waals surface area (Å²) in [6.45, 7) is 6.63. The van der Waals surface area contributed by atoms with Gasteiger partial charge >= 0.3 is 0 Å². The number of carbonyl (C=O) groups is 1. The van der Waals surface area contributed by atoms with Gasteiger partial charge in [0.15, 0.2) is 5.78 Å². The van der Waals surface area contributed by atoms with E-state index in [1.807, 2.05) is 109 Å². The van der Waals surface area contributed by atoms with E-state index in [4.69, 9.17) is 4.98 Å². The predicted molar refractivity (Wildman–Crippen MR) is 261 cm³/mol. The fourth-order valence-corrected chi connectivity index (χ4v) is 10.3. The van der Waals surface area contributed by atoms with Crippen LogP contribution >= 0.6 is 31.9 Å². The molecule has 310 valence electrons. The van der Waals surface area contributed by atoms with Crippen molar-refractivity contribution in [3.05, 3.63) is 159 Å². The standard InChI is InChI=1S/C25H20BrN5O.C25H19BrN4O/c26-16-8-9-20-19(15-16)22-17-5-1-2-6-18(17)24(29-32)23(22)25(28-20)31-13-11-30(12-14-31)21-7-3-4-10-27-21;26-16-8-9-20-19(15-16)22-17-5-1-2-6-18(17)24(31)23(22)25(28-20)30-13-11-29(12-14-30)21-7-3-4-10-27-21/h1-10,15,28H,11-14H2;1-10,15H,11-14H2. The number of nitrogens with zero attached hydrogens (tertiary/aromatic N) is 8. The topological polar surface area (TPSA) is 114 Å². The molecule has 2 saturated heterocycles. The van der Waals surface area contributed by atoms with E-state index in [0.29, 0.717) is 5.69 Å². The van der Waals surface area contributed by atoms with Crippen LogP contribution in [0.2, 0.25) is 0 Å². The summed E-state index contributed by atoms with van der Waals surface area (Å²) in [6.07, 6.45) is 3.66. The Morgan fingerprint density at radius 2 is 1.10 bits per heavy atom. The number of aromatic amines is 1. The number of nitrogens with one attached hydrogen (secondary N) is 1. The van der Waals surface area contributed by atoms with Crippen LogP contribution in [0.1, 0.15) is 15.9 Å². The molecular formula is C50H39Br2N9O2. The molecule has 3 aromatic heterocycles. The number of hydrogen-bond acceptors (Lipinski definition) is 10. The molecule has 7 aromatic rings. The molecule has 0 bridgehead atoms. The molecule has 63 heavy (non-hydrogen) atoms. The van der Waals surface area contributed by atoms with Crippen molar-refractivity contribution < 1.29 is 4.79 Å². The lowest BCUT2D eigenvalue weighted by atomic mass is 10.0. The zero-order valence-electron chi connectivity index (χ0n) is 34.0. The van der Waals surface area contributed by atoms with Gasteiger partial charge in [-0.25, -0.2) is 15.0 Å². The van der Waals surface area contributed by atoms with E-state index in [1.165, 1.54) is 0 Å². The Bertz CT molecular complexity index is 3180. The lowest BCUT2D eigenvalue weighted by Gasteiger charge is -2.37. The molecule has 0 amide bonds. The molecule has 5 aliphatic rings. The molecule has 6 heterocycles. The van der Waals surface area contributed by atoms with E-state index < -0.39 is 0 Å². The minimum atomic E-state index is 0.0714. The zero-order chi connectivity index (χ0) is 42.6. The number of piperazine rings is 2. The van der Waals surface area contributed by atoms with Gasteiger partial charge in [0.05, 0.1) is 16.6 Å². The first-order valence-electron chi connectivity index (χ1n) is 21.0. The Hall–Kier alpha value is -6.70. The number of aromatic nitrogens is 4. The molecule has 0 atom stereocenters. The Morgan fingerprint density at radius 3 is 1.75 bits per heavy atom. The SMILES string of the molecule is O=C1c2ccccc2-c2c1c(N1CCN(c3ccccn3)CC1)nc1ccc(Br)cc21.O=Nc1c2c(N3CCN(c4ccccn4)CC3)[nH]c3ccc(Br)cc3c-2c2ccccc12. The highest BCUT2D eigenvalue weighted by Crippen LogP contribution is 2.52. The lowest BCUT2D eigenvalue weighted by Crippen LogP contribution is -2.47. The summed E-state index contributed by atoms with van der Waals surface area (Å²) in [7, 11) is 0. The average Bonchev–Trinajstić information content (AvgIpc) is 3.84. The molecule has 0 spiro atoms. The third kappa shape index (κ3) is 6.86. The second-order valence-electron chi connectivity index (χ2n) is 15.9. The number of nitroso groups, excluding NO2 is 1. The molecule has 0 unspecified atom stereocenters. The first-order chi connectivity index (χ1) is 30.9. The van der Waals surface area contributed by atoms with E-state index in [-0.39, 0.29) is 5.78 Å². The van der Waals surface area contributed by atoms with Gasteiger partial charge in [0, 0.05) is 112 Å². The number of H-pyrrole nitrogens is 1. The van der Waals surface area contributed by atoms with E-state index in [2.05, 4.69) is 95.9 Å². The van der Waals surface area contributed by atoms with Gasteiger partial charge in [-0.15, -0.1) is 4.91 Å². The summed E-state index contributed by atoms with van der Waals surface area (Å²) >= 11 is 7.19. The maximum absolute atomic E-state index is 13.5. The number of anilines is 4. The minimum absolute atomic E-state index is 0.0714. The number of halogens is 2. The second-order valence-corrected chi connectivity index (χ2v) is 17.8. The van der Waals surface area contributed by atoms with Crippen LogP contribution in [-0.2, 0) is 0 Å². The van der Waals surface area contributed by atoms with Crippen molar-refractivity contribution in [2.45, 2.75) is 0 Å². The second kappa shape index (κ2) is 16.2. The molecular weight excluding hydrogens is 918 g/mol. The Morgan fingerprint density at radius 1 is 0.524 bits per heavy atom. The van der Waals surface area contributed by atoms with Crippen LogP contribution in [0.3, 0.4) is 0 Å². The highest BCUT2D eigenvalue weighted by Gasteiger charge is 2.35. The van der Waals surface area contributed by atoms with Crippen molar-refractivity contribution in [2.75, 3.05) is 72.0 Å². The molecule has 4 aromatic carbocycles. The quantitative estimate of drug-likeness (QED) is 0.168. The van der Waals surface area contributed by atoms with Gasteiger partial charge in [0.25, 0.3) is 0 Å². The molecule has 2 fully saturated rings. The number of ketones is 1. The summed E-state index contributed by atoms with van der Waals surface area (Å²) in [4.78, 5) is 52.3. The highest BCUT2D eigenvalue weighted by atomic mass is 79.9. The summed E-state index contributed by atoms with van der Waals surface area (Å²) < 4.78 is 1.99. The number of hydrogen-bond donors (Lipinski definition) is 1. The maximum atomic E-state index is 13.5. The molecule has 12 rings (SSSR count). The van der Waals surface area contributed by atoms with Crippen molar-refractivity contribution in [1.82, 2.24) is 19.9 Å². The smallest absolute Gasteiger partial charge is 0.198 e. The van der Waals surface area contributed by atoms with Crippen LogP contribution in [0.4, 0.5) is 29.0 Å². The fraction of sp³-hybridized carbons (Fsp3) is 0.160. The lowest BCUT2D eigenvalue weighted by molar-refractivity contribution is 0.104. The maximum Gasteiger partial charge on any atom is 0.198 e. The summed E-state index contributed by atoms with van der Waals surface area (Å²) in [6, 6.07) is 40.3. The van der Waals surface area contributed by atoms with Crippen molar-refractivity contribution in [1.29, 1.82) is 0 Å². The molecule has 0 radical (unpaired) electrons. The van der Waals surface area contributed by atoms with Crippen molar-refractivity contribution >= 4 is 99.2 Å². The fourth-order valence-electron chi connectivity index (χ4n) is 9.53. The van der Waals surface area contributed by atoms with Gasteiger partial charge in [-0.2, -0.15) is 0 Å². The van der Waals surface area contributed by atoms with E-state index in [9.17, 15) is 9.70 Å². The van der Waals surface area contributed by atoms with E-state index in [1.54, 1.807) is 0 Å². The van der Waals surface area contributed by atoms with Gasteiger partial charge in [-0.3, -0.25) is 4.79 Å². The molecule has 2 aliphatic carbocycles. The normalized spacial score (nSPS) is 14.9. The van der Waals surface area contributed by atoms with Crippen LogP contribution in [-0.4, -0.2) is 78.1 Å². The van der Waals surface area contributed by atoms with Crippen LogP contribution in [0.15, 0.2) is 148 Å². The number of fused-ring (bicyclic) bond motifs is 10. The molecule has 3 aliphatic heterocycles. The largest absolute Gasteiger partial charge is 0.354 e. The van der Waals surface area contributed by atoms with Crippen LogP contribution < -0.4 is 19.6 Å². The third-order valence-corrected chi connectivity index (χ3v) is 13.5. The van der Waals surface area contributed by atoms with E-state index in [0.717, 1.165) is 151 Å². The van der Waals surface area contributed by atoms with Crippen molar-refractivity contribution in [3.8, 4) is 22.3 Å². The summed E-state index contributed by atoms with van der Waals surface area (Å²) in [5.74, 6) is 3.82. The van der Waals surface area contributed by atoms with Crippen LogP contribution in [0.25, 0.3) is 54.8 Å². The van der Waals surface area contributed by atoms with Crippen LogP contribution in [0.5, 0.6) is 0 Å². The molecule has 13 heteroatoms. The number of pyridine rings is 4. The number of carbonyl (C=O) groups excluding carboxylic acids is 1. The van der Waals surface area contributed by atoms with Crippen molar-refractivity contribution in [3.63, 3.8) is 0 Å². The van der Waals surface area contributed by atoms with Gasteiger partial charge < -0.3 is 24.6 Å². The van der Waals surface area contributed by atoms with Gasteiger partial charge in [-0.05, 0) is 76.8 Å². The zero-order valence-corrected chi connectivity index (χ0v) is 37.2. The summed E-state index contributed by atoms with van der Waals surface area (Å²) in [5, 5.41) is 7.55. The van der Waals surface area contributed by atoms with Gasteiger partial charge in [0.1, 0.15) is 29.0 Å². The predicted octanol–water partition coefficient (Wildman–Crippen LogP) is 11.2. The highest BCUT2D eigenvalue weighted by molar-refractivity contribution is 9.10. The van der Waals surface area contributed by atoms with E-state index >= 15 is 0 Å². The molecule has 1 N–H and O–H groups in total. The number of rotatable bonds is 5. The van der Waals surface area contributed by atoms with Gasteiger partial charge in [0.2, 0.25) is 0 Å². The first kappa shape index (κ1) is 39.2. The first-order valence-corrected chi connectivity index (χ1v) is 22.6. The monoisotopic (exact) mass is 955 g/mol. The molecule has 11 nitrogen and oxygen atoms in total. The Labute approximate surface area is 380 Å². The minimum Gasteiger partial charge on any atom is -0.354 e. The Kier molecular flexibility index (Phi) is 10.1. The van der Waals surface area contributed by atoms with Crippen molar-refractivity contribution in [2.24, 2.45) is 5.18 Å².